The molecule has 0 rings (SSSR count). The van der Waals surface area contributed by atoms with Gasteiger partial charge in [-0.2, -0.15) is 0 Å². The Kier molecular flexibility index (Phi) is 170. The molecule has 0 saturated carbocycles. The summed E-state index contributed by atoms with van der Waals surface area (Å²) >= 11 is 9.67. The zero-order chi connectivity index (χ0) is 81.9. The van der Waals surface area contributed by atoms with Crippen LogP contribution in [-0.4, -0.2) is 0 Å². The van der Waals surface area contributed by atoms with E-state index in [1.54, 1.807) is 107 Å². The second-order valence-corrected chi connectivity index (χ2v) is 208. The summed E-state index contributed by atoms with van der Waals surface area (Å²) in [4.78, 5) is 0. The first-order valence-corrected chi connectivity index (χ1v) is 171. The van der Waals surface area contributed by atoms with Gasteiger partial charge in [-0.3, -0.25) is 0 Å². The van der Waals surface area contributed by atoms with E-state index in [0.29, 0.717) is 0 Å². The minimum absolute atomic E-state index is 1.37. The van der Waals surface area contributed by atoms with Crippen LogP contribution in [0.3, 0.4) is 0 Å². The van der Waals surface area contributed by atoms with Gasteiger partial charge < -0.3 is 0 Å². The van der Waals surface area contributed by atoms with E-state index in [1.165, 1.54) is 17.8 Å². The zero-order valence-electron chi connectivity index (χ0n) is 46.9. The molecular weight excluding hydrogens is 3690 g/mol. The first-order chi connectivity index (χ1) is 57.4. The third-order valence-corrected chi connectivity index (χ3v) is 252. The van der Waals surface area contributed by atoms with E-state index in [-0.39, 0.29) is 0 Å². The zero-order valence-corrected chi connectivity index (χ0v) is 141. The average Bonchev–Trinajstić information content (AvgIpc) is 2.89. The molecule has 0 unspecified atom stereocenters. The Hall–Kier alpha value is 25.3. The minimum Gasteiger partial charge on any atom is 0 e. The molecule has 0 bridgehead atoms. The fourth-order valence-electron chi connectivity index (χ4n) is 1.26. The van der Waals surface area contributed by atoms with Gasteiger partial charge in [-0.05, 0) is 0 Å². The van der Waals surface area contributed by atoms with Crippen molar-refractivity contribution in [2.75, 3.05) is 0 Å². The van der Waals surface area contributed by atoms with E-state index in [1.807, 2.05) is 879 Å². The van der Waals surface area contributed by atoms with Crippen LogP contribution in [0.25, 0.3) is 0 Å². The van der Waals surface area contributed by atoms with Crippen LogP contribution in [0.5, 0.6) is 0 Å². The van der Waals surface area contributed by atoms with Crippen LogP contribution in [0.4, 0.5) is 0 Å². The molecule has 115 heavy (non-hydrogen) atoms. The van der Waals surface area contributed by atoms with Crippen molar-refractivity contribution in [2.24, 2.45) is 0 Å². The Bertz CT molecular complexity index is 8660. The topological polar surface area (TPSA) is 0 Å². The van der Waals surface area contributed by atoms with Gasteiger partial charge in [-0.25, -0.2) is 0 Å². The van der Waals surface area contributed by atoms with Gasteiger partial charge in [0.1, 0.15) is 0 Å². The Morgan fingerprint density at radius 2 is 0.0696 bits per heavy atom. The lowest BCUT2D eigenvalue weighted by Crippen LogP contribution is -1.42. The van der Waals surface area contributed by atoms with Crippen molar-refractivity contribution in [1.29, 1.82) is 0 Å². The molecule has 0 aromatic carbocycles. The summed E-state index contributed by atoms with van der Waals surface area (Å²) in [6, 6.07) is 0. The van der Waals surface area contributed by atoms with Crippen molar-refractivity contribution in [3.8, 4) is 0 Å². The Balaban J connectivity index is 6.19. The molecule has 0 radical (unpaired) electrons. The highest BCUT2D eigenvalue weighted by Gasteiger charge is 1.52. The van der Waals surface area contributed by atoms with E-state index < -0.39 is 0 Å². The summed E-state index contributed by atoms with van der Waals surface area (Å²) in [7, 11) is 205. The first kappa shape index (κ1) is 140. The van der Waals surface area contributed by atoms with Crippen LogP contribution in [0.2, 0.25) is 0 Å². The molecule has 0 aromatic rings. The second-order valence-electron chi connectivity index (χ2n) is 7.69. The lowest BCUT2D eigenvalue weighted by atomic mass is 30.7. The van der Waals surface area contributed by atoms with Gasteiger partial charge in [0.25, 0.3) is 0 Å². The van der Waals surface area contributed by atoms with E-state index in [2.05, 4.69) is 0 Å². The maximum absolute atomic E-state index is 4.83. The summed E-state index contributed by atoms with van der Waals surface area (Å²) in [6.45, 7) is 0. The van der Waals surface area contributed by atoms with E-state index >= 15 is 0 Å². The van der Waals surface area contributed by atoms with Crippen molar-refractivity contribution in [2.45, 2.75) is 0 Å². The quantitative estimate of drug-likeness (QED) is 0.328. The lowest BCUT2D eigenvalue weighted by Gasteiger charge is -1.41. The maximum Gasteiger partial charge on any atom is 0 e. The predicted molar refractivity (Wildman–Crippen MR) is 847 cm³/mol. The Morgan fingerprint density at radius 1 is 0.0435 bits per heavy atom. The predicted octanol–water partition coefficient (Wildman–Crippen LogP) is -0.276. The molecule has 0 saturated heterocycles. The van der Waals surface area contributed by atoms with Crippen molar-refractivity contribution >= 4 is 1030 Å². The molecule has 0 fully saturated rings. The monoisotopic (exact) mass is 3680 g/mol. The van der Waals surface area contributed by atoms with Gasteiger partial charge in [0.15, 0.2) is 0 Å². The van der Waals surface area contributed by atoms with Gasteiger partial charge in [0.05, 0.1) is 0 Å². The van der Waals surface area contributed by atoms with Gasteiger partial charge >= 0.3 is 0 Å². The normalized spacial score (nSPS) is 7.90. The Labute approximate surface area is 992 Å². The summed E-state index contributed by atoms with van der Waals surface area (Å²) in [6.07, 6.45) is 0. The molecule has 0 aliphatic heterocycles. The van der Waals surface area contributed by atoms with Crippen molar-refractivity contribution < 1.29 is 0 Å². The van der Waals surface area contributed by atoms with Gasteiger partial charge in [0, 0.05) is 1030 Å². The van der Waals surface area contributed by atoms with Gasteiger partial charge in [-0.1, -0.05) is 0 Å². The minimum atomic E-state index is 1.37. The molecule has 0 aliphatic carbocycles. The smallest absolute Gasteiger partial charge is 0 e. The SMILES string of the molecule is S=S=S=S=S=S=S=S=S=S=S=S=S=S=S=S=S=S=S=S=S=S=S=S=S=S=S=S=S=S=S=S=S=S=S=S=S=S=S=S=S=S=S=S=S=S=S=S=S=S=S=S=S=S=S=S=S=S=S=S=S=S=S=S=S=S=S=S=S=S=S=S=S=S=S=S=S=S=S=S=S=S=S=S=S=S=S=S=S=S=S=S=S=S=S=S=S=S=S=S=S=S=S=S=S=S=S=S=S=S=S=S=S=S=S. The molecule has 690 valence electrons. The summed E-state index contributed by atoms with van der Waals surface area (Å²) in [5.41, 5.74) is 0. The molecule has 0 N–H and O–H groups in total. The van der Waals surface area contributed by atoms with Crippen molar-refractivity contribution in [3.05, 3.63) is 0 Å². The highest BCUT2D eigenvalue weighted by Crippen LogP contribution is 1.52. The largest absolute Gasteiger partial charge is 0 e. The molecule has 0 amide bonds. The molecule has 0 spiro atoms. The summed E-state index contributed by atoms with van der Waals surface area (Å²) < 4.78 is 0. The number of rotatable bonds is 0. The molecule has 0 aliphatic rings. The van der Waals surface area contributed by atoms with Crippen molar-refractivity contribution in [3.63, 3.8) is 0 Å². The summed E-state index contributed by atoms with van der Waals surface area (Å²) in [5.74, 6) is 0. The van der Waals surface area contributed by atoms with Crippen LogP contribution in [0, 0.1) is 0 Å². The molecule has 0 heterocycles. The molecule has 0 aromatic heterocycles. The molecular formula is S115. The fourth-order valence-corrected chi connectivity index (χ4v) is 306. The lowest BCUT2D eigenvalue weighted by molar-refractivity contribution is 5.95. The van der Waals surface area contributed by atoms with E-state index in [4.69, 9.17) is 22.4 Å². The van der Waals surface area contributed by atoms with Crippen LogP contribution < -0.4 is 0 Å². The number of hydrogen-bond donors (Lipinski definition) is 0. The third-order valence-electron chi connectivity index (χ3n) is 3.11. The summed E-state index contributed by atoms with van der Waals surface area (Å²) in [5, 5.41) is 0. The molecule has 0 atom stereocenters. The highest BCUT2D eigenvalue weighted by molar-refractivity contribution is 8.89. The average molecular weight is 3690 g/mol. The maximum atomic E-state index is 4.83. The van der Waals surface area contributed by atoms with Crippen LogP contribution in [-0.2, 0) is 1030 Å². The van der Waals surface area contributed by atoms with Crippen LogP contribution >= 0.6 is 0 Å². The van der Waals surface area contributed by atoms with Crippen LogP contribution in [0.1, 0.15) is 0 Å². The molecule has 115 heteroatoms. The van der Waals surface area contributed by atoms with Gasteiger partial charge in [-0.15, -0.1) is 0 Å². The first-order valence-electron chi connectivity index (χ1n) is 19.0. The van der Waals surface area contributed by atoms with E-state index in [9.17, 15) is 0 Å². The fraction of sp³-hybridized carbons (Fsp3) is 0. The third kappa shape index (κ3) is 139. The van der Waals surface area contributed by atoms with E-state index in [0.717, 1.165) is 0 Å². The van der Waals surface area contributed by atoms with Gasteiger partial charge in [0.2, 0.25) is 0 Å². The Morgan fingerprint density at radius 3 is 0.0957 bits per heavy atom. The van der Waals surface area contributed by atoms with Crippen LogP contribution in [0.15, 0.2) is 0 Å². The highest BCUT2D eigenvalue weighted by atomic mass is 33.6. The van der Waals surface area contributed by atoms with Crippen molar-refractivity contribution in [1.82, 2.24) is 0 Å². The molecule has 0 nitrogen and oxygen atoms in total. The standard InChI is InChI=1S/S115/c1-3-5-7-9-11-13-15-17-19-21-23-25-27-29-31-33-35-37-39-41-43-45-47-49-51-53-55-57-59-61-63-65-67-69-71-73-75-77-79-81-83-85-87-89-91-93-95-97-99-101-103-105-107-109-111-113-115-114-112-110-108-106-104-102-100-98-96-94-92-90-88-86-84-82-80-78-76-74-72-70-68-66-64-62-60-58-56-54-52-50-48-46-44-42-40-38-36-34-32-30-28-26-24-22-20-18-16-14-12-10-8-6-4-2. The second kappa shape index (κ2) is 139. The number of hydrogen-bond acceptors (Lipinski definition) is 2.